The minimum Gasteiger partial charge on any atom is -0.493 e. The number of hydrogen-bond donors (Lipinski definition) is 2. The van der Waals surface area contributed by atoms with E-state index in [9.17, 15) is 4.79 Å². The van der Waals surface area contributed by atoms with Crippen molar-refractivity contribution >= 4 is 5.91 Å². The Balaban J connectivity index is 1.74. The first-order valence-electron chi connectivity index (χ1n) is 7.50. The van der Waals surface area contributed by atoms with E-state index in [1.165, 1.54) is 0 Å². The first-order valence-corrected chi connectivity index (χ1v) is 7.50. The van der Waals surface area contributed by atoms with E-state index in [4.69, 9.17) is 4.74 Å². The van der Waals surface area contributed by atoms with E-state index in [0.717, 1.165) is 43.7 Å². The molecule has 0 spiro atoms. The maximum absolute atomic E-state index is 11.6. The number of amides is 1. The fourth-order valence-corrected chi connectivity index (χ4v) is 1.97. The molecule has 1 aliphatic carbocycles. The quantitative estimate of drug-likeness (QED) is 0.680. The van der Waals surface area contributed by atoms with Crippen LogP contribution in [0.5, 0.6) is 5.75 Å². The number of ether oxygens (including phenoxy) is 1. The average Bonchev–Trinajstić information content (AvgIpc) is 3.24. The molecule has 4 nitrogen and oxygen atoms in total. The molecule has 0 unspecified atom stereocenters. The standard InChI is InChI=1S/C16H24N2O2/c1-2-10-17-12-13-5-3-4-6-15(13)20-11-9-16(19)18-14-7-8-14/h3-6,14,17H,2,7-12H2,1H3,(H,18,19). The lowest BCUT2D eigenvalue weighted by Crippen LogP contribution is -2.26. The third-order valence-corrected chi connectivity index (χ3v) is 3.24. The molecule has 2 rings (SSSR count). The van der Waals surface area contributed by atoms with Crippen LogP contribution in [0.1, 0.15) is 38.2 Å². The van der Waals surface area contributed by atoms with E-state index in [-0.39, 0.29) is 5.91 Å². The monoisotopic (exact) mass is 276 g/mol. The van der Waals surface area contributed by atoms with E-state index >= 15 is 0 Å². The number of benzene rings is 1. The van der Waals surface area contributed by atoms with Gasteiger partial charge in [0.15, 0.2) is 0 Å². The first-order chi connectivity index (χ1) is 9.79. The molecule has 1 fully saturated rings. The fourth-order valence-electron chi connectivity index (χ4n) is 1.97. The molecule has 0 bridgehead atoms. The van der Waals surface area contributed by atoms with Crippen LogP contribution in [-0.4, -0.2) is 25.1 Å². The number of nitrogens with one attached hydrogen (secondary N) is 2. The van der Waals surface area contributed by atoms with Gasteiger partial charge in [0.05, 0.1) is 13.0 Å². The summed E-state index contributed by atoms with van der Waals surface area (Å²) in [7, 11) is 0. The third-order valence-electron chi connectivity index (χ3n) is 3.24. The van der Waals surface area contributed by atoms with E-state index < -0.39 is 0 Å². The zero-order valence-corrected chi connectivity index (χ0v) is 12.2. The highest BCUT2D eigenvalue weighted by Gasteiger charge is 2.22. The average molecular weight is 276 g/mol. The highest BCUT2D eigenvalue weighted by Crippen LogP contribution is 2.19. The van der Waals surface area contributed by atoms with Crippen LogP contribution in [0.4, 0.5) is 0 Å². The van der Waals surface area contributed by atoms with Crippen molar-refractivity contribution in [3.8, 4) is 5.75 Å². The molecule has 0 atom stereocenters. The normalized spacial score (nSPS) is 14.1. The fraction of sp³-hybridized carbons (Fsp3) is 0.562. The number of carbonyl (C=O) groups excluding carboxylic acids is 1. The van der Waals surface area contributed by atoms with Crippen LogP contribution < -0.4 is 15.4 Å². The third kappa shape index (κ3) is 5.21. The predicted octanol–water partition coefficient (Wildman–Crippen LogP) is 2.23. The van der Waals surface area contributed by atoms with Gasteiger partial charge in [-0.2, -0.15) is 0 Å². The molecule has 0 saturated heterocycles. The molecule has 4 heteroatoms. The van der Waals surface area contributed by atoms with E-state index in [1.54, 1.807) is 0 Å². The molecule has 1 aliphatic rings. The lowest BCUT2D eigenvalue weighted by atomic mass is 10.2. The molecular formula is C16H24N2O2. The van der Waals surface area contributed by atoms with E-state index in [2.05, 4.69) is 23.6 Å². The maximum atomic E-state index is 11.6. The van der Waals surface area contributed by atoms with Crippen LogP contribution in [0.2, 0.25) is 0 Å². The first kappa shape index (κ1) is 14.9. The lowest BCUT2D eigenvalue weighted by molar-refractivity contribution is -0.121. The Morgan fingerprint density at radius 1 is 1.35 bits per heavy atom. The van der Waals surface area contributed by atoms with E-state index in [0.29, 0.717) is 19.1 Å². The van der Waals surface area contributed by atoms with Gasteiger partial charge in [0.1, 0.15) is 5.75 Å². The molecule has 1 amide bonds. The lowest BCUT2D eigenvalue weighted by Gasteiger charge is -2.12. The topological polar surface area (TPSA) is 50.4 Å². The van der Waals surface area contributed by atoms with Crippen molar-refractivity contribution in [3.05, 3.63) is 29.8 Å². The van der Waals surface area contributed by atoms with E-state index in [1.807, 2.05) is 18.2 Å². The van der Waals surface area contributed by atoms with Crippen molar-refractivity contribution in [2.45, 2.75) is 45.2 Å². The molecule has 20 heavy (non-hydrogen) atoms. The second kappa shape index (κ2) is 7.90. The Kier molecular flexibility index (Phi) is 5.87. The Bertz CT molecular complexity index is 430. The summed E-state index contributed by atoms with van der Waals surface area (Å²) in [5.74, 6) is 0.962. The highest BCUT2D eigenvalue weighted by molar-refractivity contribution is 5.76. The van der Waals surface area contributed by atoms with Crippen LogP contribution in [0.25, 0.3) is 0 Å². The summed E-state index contributed by atoms with van der Waals surface area (Å²) in [4.78, 5) is 11.6. The molecule has 2 N–H and O–H groups in total. The predicted molar refractivity (Wildman–Crippen MR) is 79.7 cm³/mol. The smallest absolute Gasteiger partial charge is 0.223 e. The second-order valence-electron chi connectivity index (χ2n) is 5.22. The van der Waals surface area contributed by atoms with Crippen molar-refractivity contribution in [1.29, 1.82) is 0 Å². The number of para-hydroxylation sites is 1. The summed E-state index contributed by atoms with van der Waals surface area (Å²) in [6, 6.07) is 8.41. The molecule has 110 valence electrons. The molecule has 0 radical (unpaired) electrons. The van der Waals surface area contributed by atoms with Crippen LogP contribution in [0, 0.1) is 0 Å². The zero-order chi connectivity index (χ0) is 14.2. The van der Waals surface area contributed by atoms with Gasteiger partial charge < -0.3 is 15.4 Å². The van der Waals surface area contributed by atoms with Gasteiger partial charge in [0.25, 0.3) is 0 Å². The summed E-state index contributed by atoms with van der Waals surface area (Å²) in [5.41, 5.74) is 1.14. The minimum atomic E-state index is 0.0917. The van der Waals surface area contributed by atoms with Crippen molar-refractivity contribution in [2.24, 2.45) is 0 Å². The molecular weight excluding hydrogens is 252 g/mol. The maximum Gasteiger partial charge on any atom is 0.223 e. The van der Waals surface area contributed by atoms with Gasteiger partial charge in [0.2, 0.25) is 5.91 Å². The minimum absolute atomic E-state index is 0.0917. The Morgan fingerprint density at radius 3 is 2.90 bits per heavy atom. The summed E-state index contributed by atoms with van der Waals surface area (Å²) >= 11 is 0. The number of hydrogen-bond acceptors (Lipinski definition) is 3. The van der Waals surface area contributed by atoms with Gasteiger partial charge in [-0.1, -0.05) is 25.1 Å². The van der Waals surface area contributed by atoms with Crippen LogP contribution in [0.15, 0.2) is 24.3 Å². The highest BCUT2D eigenvalue weighted by atomic mass is 16.5. The SMILES string of the molecule is CCCNCc1ccccc1OCCC(=O)NC1CC1. The largest absolute Gasteiger partial charge is 0.493 e. The van der Waals surface area contributed by atoms with Crippen LogP contribution in [-0.2, 0) is 11.3 Å². The summed E-state index contributed by atoms with van der Waals surface area (Å²) in [5, 5.41) is 6.33. The second-order valence-corrected chi connectivity index (χ2v) is 5.22. The van der Waals surface area contributed by atoms with Crippen molar-refractivity contribution in [1.82, 2.24) is 10.6 Å². The van der Waals surface area contributed by atoms with Gasteiger partial charge in [-0.15, -0.1) is 0 Å². The zero-order valence-electron chi connectivity index (χ0n) is 12.2. The van der Waals surface area contributed by atoms with Crippen molar-refractivity contribution in [3.63, 3.8) is 0 Å². The van der Waals surface area contributed by atoms with Gasteiger partial charge in [-0.3, -0.25) is 4.79 Å². The molecule has 1 aromatic rings. The Morgan fingerprint density at radius 2 is 2.15 bits per heavy atom. The van der Waals surface area contributed by atoms with Gasteiger partial charge >= 0.3 is 0 Å². The molecule has 1 aromatic carbocycles. The van der Waals surface area contributed by atoms with Gasteiger partial charge in [0, 0.05) is 18.2 Å². The summed E-state index contributed by atoms with van der Waals surface area (Å²) in [6.07, 6.45) is 3.79. The van der Waals surface area contributed by atoms with Gasteiger partial charge in [-0.25, -0.2) is 0 Å². The van der Waals surface area contributed by atoms with Gasteiger partial charge in [-0.05, 0) is 31.9 Å². The summed E-state index contributed by atoms with van der Waals surface area (Å²) in [6.45, 7) is 4.38. The number of rotatable bonds is 9. The number of carbonyl (C=O) groups is 1. The molecule has 1 saturated carbocycles. The van der Waals surface area contributed by atoms with Crippen LogP contribution in [0.3, 0.4) is 0 Å². The molecule has 0 aliphatic heterocycles. The molecule has 0 aromatic heterocycles. The van der Waals surface area contributed by atoms with Crippen LogP contribution >= 0.6 is 0 Å². The van der Waals surface area contributed by atoms with Crippen molar-refractivity contribution in [2.75, 3.05) is 13.2 Å². The Labute approximate surface area is 120 Å². The van der Waals surface area contributed by atoms with Crippen molar-refractivity contribution < 1.29 is 9.53 Å². The summed E-state index contributed by atoms with van der Waals surface area (Å²) < 4.78 is 5.74. The molecule has 0 heterocycles. The Hall–Kier alpha value is -1.55.